The Morgan fingerprint density at radius 1 is 1.33 bits per heavy atom. The molecule has 3 nitrogen and oxygen atoms in total. The molecule has 0 aromatic carbocycles. The van der Waals surface area contributed by atoms with Gasteiger partial charge in [0.05, 0.1) is 5.54 Å². The van der Waals surface area contributed by atoms with Crippen molar-refractivity contribution in [1.82, 2.24) is 5.06 Å². The molecule has 0 spiro atoms. The summed E-state index contributed by atoms with van der Waals surface area (Å²) in [7, 11) is 0. The van der Waals surface area contributed by atoms with Crippen LogP contribution in [0.3, 0.4) is 0 Å². The fraction of sp³-hybridized carbons (Fsp3) is 1.00. The molecule has 1 saturated heterocycles. The van der Waals surface area contributed by atoms with Crippen molar-refractivity contribution >= 4 is 0 Å². The first-order chi connectivity index (χ1) is 6.81. The van der Waals surface area contributed by atoms with Crippen molar-refractivity contribution in [3.8, 4) is 0 Å². The van der Waals surface area contributed by atoms with Gasteiger partial charge in [-0.25, -0.2) is 0 Å². The maximum atomic E-state index is 12.4. The lowest BCUT2D eigenvalue weighted by molar-refractivity contribution is -0.312. The lowest BCUT2D eigenvalue weighted by atomic mass is 9.69. The molecular weight excluding hydrogens is 188 g/mol. The molecule has 3 heteroatoms. The number of hydroxylamine groups is 2. The number of piperidine rings is 1. The van der Waals surface area contributed by atoms with Crippen molar-refractivity contribution in [2.45, 2.75) is 71.0 Å². The standard InChI is InChI=1S/C12H25N2O/c1-6-11(4)8-10(13)9(3)12(5,7-2)14(11)15/h9-10H,6-8,13H2,1-5H3. The number of hydrogen-bond donors (Lipinski definition) is 1. The molecule has 1 rings (SSSR count). The van der Waals surface area contributed by atoms with Crippen molar-refractivity contribution < 1.29 is 5.21 Å². The first-order valence-electron chi connectivity index (χ1n) is 6.05. The summed E-state index contributed by atoms with van der Waals surface area (Å²) in [4.78, 5) is 0. The summed E-state index contributed by atoms with van der Waals surface area (Å²) in [6, 6.07) is 0.144. The second-order valence-electron chi connectivity index (χ2n) is 5.51. The minimum absolute atomic E-state index is 0.144. The zero-order valence-electron chi connectivity index (χ0n) is 10.7. The lowest BCUT2D eigenvalue weighted by Gasteiger charge is -2.55. The third kappa shape index (κ3) is 1.81. The van der Waals surface area contributed by atoms with Crippen molar-refractivity contribution in [2.75, 3.05) is 0 Å². The van der Waals surface area contributed by atoms with Crippen LogP contribution in [0.2, 0.25) is 0 Å². The van der Waals surface area contributed by atoms with Crippen LogP contribution in [0, 0.1) is 5.92 Å². The van der Waals surface area contributed by atoms with Gasteiger partial charge in [0.2, 0.25) is 0 Å². The predicted octanol–water partition coefficient (Wildman–Crippen LogP) is 2.34. The topological polar surface area (TPSA) is 49.2 Å². The fourth-order valence-electron chi connectivity index (χ4n) is 2.78. The average Bonchev–Trinajstić information content (AvgIpc) is 2.23. The Bertz CT molecular complexity index is 234. The summed E-state index contributed by atoms with van der Waals surface area (Å²) in [5.41, 5.74) is 5.59. The Hall–Kier alpha value is -0.120. The summed E-state index contributed by atoms with van der Waals surface area (Å²) >= 11 is 0. The van der Waals surface area contributed by atoms with Gasteiger partial charge in [-0.15, -0.1) is 10.3 Å². The van der Waals surface area contributed by atoms with Gasteiger partial charge in [0.25, 0.3) is 0 Å². The molecule has 1 aliphatic heterocycles. The van der Waals surface area contributed by atoms with E-state index in [0.29, 0.717) is 0 Å². The quantitative estimate of drug-likeness (QED) is 0.765. The Morgan fingerprint density at radius 3 is 2.27 bits per heavy atom. The Labute approximate surface area is 93.6 Å². The fourth-order valence-corrected chi connectivity index (χ4v) is 2.78. The van der Waals surface area contributed by atoms with Gasteiger partial charge in [0.1, 0.15) is 0 Å². The van der Waals surface area contributed by atoms with E-state index in [1.165, 1.54) is 5.06 Å². The van der Waals surface area contributed by atoms with Crippen LogP contribution in [0.5, 0.6) is 0 Å². The van der Waals surface area contributed by atoms with Gasteiger partial charge in [-0.1, -0.05) is 20.8 Å². The zero-order chi connectivity index (χ0) is 11.9. The number of rotatable bonds is 2. The molecule has 1 radical (unpaired) electrons. The summed E-state index contributed by atoms with van der Waals surface area (Å²) in [5.74, 6) is 0.264. The highest BCUT2D eigenvalue weighted by Gasteiger charge is 2.52. The smallest absolute Gasteiger partial charge is 0.0509 e. The maximum absolute atomic E-state index is 12.4. The van der Waals surface area contributed by atoms with Crippen LogP contribution in [0.4, 0.5) is 0 Å². The molecule has 2 N–H and O–H groups in total. The molecule has 15 heavy (non-hydrogen) atoms. The minimum Gasteiger partial charge on any atom is -0.327 e. The van der Waals surface area contributed by atoms with Crippen molar-refractivity contribution in [3.05, 3.63) is 0 Å². The van der Waals surface area contributed by atoms with E-state index in [2.05, 4.69) is 27.7 Å². The van der Waals surface area contributed by atoms with Gasteiger partial charge >= 0.3 is 0 Å². The molecule has 0 bridgehead atoms. The molecule has 1 aliphatic rings. The molecule has 0 aromatic rings. The Balaban J connectivity index is 3.05. The summed E-state index contributed by atoms with van der Waals surface area (Å²) in [6.45, 7) is 10.4. The summed E-state index contributed by atoms with van der Waals surface area (Å²) in [6.07, 6.45) is 2.54. The lowest BCUT2D eigenvalue weighted by Crippen LogP contribution is -2.67. The molecule has 4 unspecified atom stereocenters. The van der Waals surface area contributed by atoms with Gasteiger partial charge in [-0.3, -0.25) is 0 Å². The van der Waals surface area contributed by atoms with Crippen LogP contribution in [-0.4, -0.2) is 22.2 Å². The van der Waals surface area contributed by atoms with Gasteiger partial charge in [0.15, 0.2) is 0 Å². The molecule has 0 aromatic heterocycles. The Morgan fingerprint density at radius 2 is 1.87 bits per heavy atom. The van der Waals surface area contributed by atoms with E-state index in [1.54, 1.807) is 0 Å². The van der Waals surface area contributed by atoms with Crippen LogP contribution >= 0.6 is 0 Å². The second-order valence-corrected chi connectivity index (χ2v) is 5.51. The molecule has 0 aliphatic carbocycles. The van der Waals surface area contributed by atoms with E-state index in [4.69, 9.17) is 5.73 Å². The van der Waals surface area contributed by atoms with Crippen LogP contribution in [0.25, 0.3) is 0 Å². The van der Waals surface area contributed by atoms with Crippen molar-refractivity contribution in [2.24, 2.45) is 11.7 Å². The number of hydrogen-bond acceptors (Lipinski definition) is 2. The van der Waals surface area contributed by atoms with E-state index < -0.39 is 0 Å². The van der Waals surface area contributed by atoms with Gasteiger partial charge in [0, 0.05) is 11.6 Å². The first-order valence-corrected chi connectivity index (χ1v) is 6.05. The second kappa shape index (κ2) is 4.04. The van der Waals surface area contributed by atoms with Gasteiger partial charge < -0.3 is 5.73 Å². The van der Waals surface area contributed by atoms with E-state index in [0.717, 1.165) is 19.3 Å². The highest BCUT2D eigenvalue weighted by atomic mass is 16.5. The molecule has 0 amide bonds. The Kier molecular flexibility index (Phi) is 3.49. The monoisotopic (exact) mass is 213 g/mol. The SMILES string of the molecule is CCC1(C)CC(N)C(C)C(C)(CC)N1[O]. The van der Waals surface area contributed by atoms with Crippen LogP contribution in [-0.2, 0) is 5.21 Å². The normalized spacial score (nSPS) is 48.2. The van der Waals surface area contributed by atoms with Gasteiger partial charge in [-0.2, -0.15) is 0 Å². The van der Waals surface area contributed by atoms with Gasteiger partial charge in [-0.05, 0) is 39.0 Å². The first kappa shape index (κ1) is 12.9. The van der Waals surface area contributed by atoms with Crippen LogP contribution < -0.4 is 5.73 Å². The summed E-state index contributed by atoms with van der Waals surface area (Å²) < 4.78 is 0. The van der Waals surface area contributed by atoms with Crippen LogP contribution in [0.15, 0.2) is 0 Å². The van der Waals surface area contributed by atoms with Crippen LogP contribution in [0.1, 0.15) is 53.9 Å². The van der Waals surface area contributed by atoms with E-state index in [-0.39, 0.29) is 23.0 Å². The summed E-state index contributed by atoms with van der Waals surface area (Å²) in [5, 5.41) is 13.8. The van der Waals surface area contributed by atoms with Crippen molar-refractivity contribution in [1.29, 1.82) is 0 Å². The molecule has 1 heterocycles. The highest BCUT2D eigenvalue weighted by molar-refractivity contribution is 5.04. The van der Waals surface area contributed by atoms with E-state index in [9.17, 15) is 5.21 Å². The highest BCUT2D eigenvalue weighted by Crippen LogP contribution is 2.43. The predicted molar refractivity (Wildman–Crippen MR) is 61.7 cm³/mol. The third-order valence-corrected chi connectivity index (χ3v) is 4.73. The third-order valence-electron chi connectivity index (χ3n) is 4.73. The number of nitrogens with zero attached hydrogens (tertiary/aromatic N) is 1. The van der Waals surface area contributed by atoms with E-state index in [1.807, 2.05) is 6.92 Å². The average molecular weight is 213 g/mol. The molecular formula is C12H25N2O. The number of nitrogens with two attached hydrogens (primary N) is 1. The maximum Gasteiger partial charge on any atom is 0.0509 e. The molecule has 0 saturated carbocycles. The van der Waals surface area contributed by atoms with E-state index >= 15 is 0 Å². The largest absolute Gasteiger partial charge is 0.327 e. The minimum atomic E-state index is -0.303. The molecule has 4 atom stereocenters. The molecule has 89 valence electrons. The van der Waals surface area contributed by atoms with Crippen molar-refractivity contribution in [3.63, 3.8) is 0 Å². The molecule has 1 fully saturated rings. The zero-order valence-corrected chi connectivity index (χ0v) is 10.7.